The van der Waals surface area contributed by atoms with Gasteiger partial charge < -0.3 is 10.6 Å². The minimum atomic E-state index is 0.743. The number of ether oxygens (including phenoxy) is 1. The van der Waals surface area contributed by atoms with Gasteiger partial charge in [0, 0.05) is 13.1 Å². The second kappa shape index (κ2) is 4.82. The molecule has 1 aromatic heterocycles. The Morgan fingerprint density at radius 1 is 1.40 bits per heavy atom. The van der Waals surface area contributed by atoms with Crippen LogP contribution in [0.5, 0.6) is 0 Å². The quantitative estimate of drug-likeness (QED) is 0.559. The Bertz CT molecular complexity index is 323. The standard InChI is InChI=1S/C8H15N5OS/c1-15-8-11-10-7(13(8)9)6-12-2-4-14-5-3-12/h2-6,9H2,1H3. The summed E-state index contributed by atoms with van der Waals surface area (Å²) >= 11 is 1.50. The Hall–Kier alpha value is -0.790. The number of hydrogen-bond acceptors (Lipinski definition) is 6. The summed E-state index contributed by atoms with van der Waals surface area (Å²) in [6.07, 6.45) is 1.94. The van der Waals surface area contributed by atoms with E-state index in [1.165, 1.54) is 11.8 Å². The molecule has 1 saturated heterocycles. The second-order valence-electron chi connectivity index (χ2n) is 3.36. The normalized spacial score (nSPS) is 18.2. The SMILES string of the molecule is CSc1nnc(CN2CCOCC2)n1N. The van der Waals surface area contributed by atoms with Gasteiger partial charge in [0.15, 0.2) is 5.82 Å². The molecule has 1 aliphatic rings. The van der Waals surface area contributed by atoms with E-state index in [1.54, 1.807) is 4.68 Å². The summed E-state index contributed by atoms with van der Waals surface area (Å²) in [7, 11) is 0. The minimum Gasteiger partial charge on any atom is -0.379 e. The Kier molecular flexibility index (Phi) is 3.45. The van der Waals surface area contributed by atoms with Crippen molar-refractivity contribution in [2.75, 3.05) is 38.4 Å². The highest BCUT2D eigenvalue weighted by molar-refractivity contribution is 7.98. The lowest BCUT2D eigenvalue weighted by molar-refractivity contribution is 0.0327. The zero-order valence-electron chi connectivity index (χ0n) is 8.72. The van der Waals surface area contributed by atoms with Crippen LogP contribution in [0.3, 0.4) is 0 Å². The van der Waals surface area contributed by atoms with E-state index in [0.717, 1.165) is 43.8 Å². The van der Waals surface area contributed by atoms with Gasteiger partial charge in [0.05, 0.1) is 19.8 Å². The molecule has 2 N–H and O–H groups in total. The molecule has 15 heavy (non-hydrogen) atoms. The summed E-state index contributed by atoms with van der Waals surface area (Å²) in [6, 6.07) is 0. The molecule has 0 amide bonds. The zero-order valence-corrected chi connectivity index (χ0v) is 9.53. The van der Waals surface area contributed by atoms with Crippen LogP contribution < -0.4 is 5.84 Å². The number of morpholine rings is 1. The fraction of sp³-hybridized carbons (Fsp3) is 0.750. The molecule has 0 aliphatic carbocycles. The number of thioether (sulfide) groups is 1. The number of nitrogens with zero attached hydrogens (tertiary/aromatic N) is 4. The van der Waals surface area contributed by atoms with Crippen molar-refractivity contribution < 1.29 is 4.74 Å². The Morgan fingerprint density at radius 3 is 2.73 bits per heavy atom. The lowest BCUT2D eigenvalue weighted by Gasteiger charge is -2.25. The summed E-state index contributed by atoms with van der Waals surface area (Å²) < 4.78 is 6.83. The number of hydrogen-bond donors (Lipinski definition) is 1. The molecular weight excluding hydrogens is 214 g/mol. The van der Waals surface area contributed by atoms with Crippen molar-refractivity contribution in [2.45, 2.75) is 11.7 Å². The molecule has 0 aromatic carbocycles. The van der Waals surface area contributed by atoms with Crippen LogP contribution in [-0.2, 0) is 11.3 Å². The molecule has 2 heterocycles. The van der Waals surface area contributed by atoms with Gasteiger partial charge in [-0.1, -0.05) is 11.8 Å². The first-order valence-corrected chi connectivity index (χ1v) is 6.07. The second-order valence-corrected chi connectivity index (χ2v) is 4.13. The minimum absolute atomic E-state index is 0.743. The fourth-order valence-corrected chi connectivity index (χ4v) is 1.94. The lowest BCUT2D eigenvalue weighted by Crippen LogP contribution is -2.36. The van der Waals surface area contributed by atoms with Gasteiger partial charge in [-0.05, 0) is 6.26 Å². The predicted molar refractivity (Wildman–Crippen MR) is 58.0 cm³/mol. The monoisotopic (exact) mass is 229 g/mol. The Morgan fingerprint density at radius 2 is 2.13 bits per heavy atom. The van der Waals surface area contributed by atoms with Crippen LogP contribution in [0.1, 0.15) is 5.82 Å². The van der Waals surface area contributed by atoms with Gasteiger partial charge in [0.2, 0.25) is 5.16 Å². The van der Waals surface area contributed by atoms with Crippen molar-refractivity contribution in [3.05, 3.63) is 5.82 Å². The molecule has 0 unspecified atom stereocenters. The maximum Gasteiger partial charge on any atom is 0.209 e. The molecule has 0 atom stereocenters. The summed E-state index contributed by atoms with van der Waals surface area (Å²) in [5.74, 6) is 6.65. The molecule has 6 nitrogen and oxygen atoms in total. The molecule has 84 valence electrons. The Labute approximate surface area is 92.7 Å². The topological polar surface area (TPSA) is 69.2 Å². The number of rotatable bonds is 3. The molecule has 1 aliphatic heterocycles. The summed E-state index contributed by atoms with van der Waals surface area (Å²) in [5, 5.41) is 8.81. The van der Waals surface area contributed by atoms with Crippen LogP contribution >= 0.6 is 11.8 Å². The van der Waals surface area contributed by atoms with Crippen molar-refractivity contribution in [1.29, 1.82) is 0 Å². The van der Waals surface area contributed by atoms with Gasteiger partial charge in [0.25, 0.3) is 0 Å². The first-order valence-electron chi connectivity index (χ1n) is 4.84. The van der Waals surface area contributed by atoms with Crippen LogP contribution in [0, 0.1) is 0 Å². The fourth-order valence-electron chi connectivity index (χ4n) is 1.51. The number of aromatic nitrogens is 3. The highest BCUT2D eigenvalue weighted by Gasteiger charge is 2.15. The van der Waals surface area contributed by atoms with Crippen LogP contribution in [0.25, 0.3) is 0 Å². The van der Waals surface area contributed by atoms with Gasteiger partial charge in [-0.15, -0.1) is 10.2 Å². The van der Waals surface area contributed by atoms with Crippen molar-refractivity contribution in [3.8, 4) is 0 Å². The Balaban J connectivity index is 2.00. The van der Waals surface area contributed by atoms with E-state index in [4.69, 9.17) is 10.6 Å². The maximum atomic E-state index is 5.84. The number of nitrogen functional groups attached to an aromatic ring is 1. The van der Waals surface area contributed by atoms with Gasteiger partial charge in [-0.25, -0.2) is 4.68 Å². The molecule has 7 heteroatoms. The van der Waals surface area contributed by atoms with E-state index in [9.17, 15) is 0 Å². The van der Waals surface area contributed by atoms with Gasteiger partial charge in [0.1, 0.15) is 0 Å². The molecule has 1 aromatic rings. The smallest absolute Gasteiger partial charge is 0.209 e. The molecule has 1 fully saturated rings. The van der Waals surface area contributed by atoms with Gasteiger partial charge in [-0.3, -0.25) is 4.90 Å². The van der Waals surface area contributed by atoms with E-state index in [0.29, 0.717) is 0 Å². The first kappa shape index (κ1) is 10.7. The maximum absolute atomic E-state index is 5.84. The van der Waals surface area contributed by atoms with Crippen LogP contribution in [0.4, 0.5) is 0 Å². The molecule has 0 bridgehead atoms. The van der Waals surface area contributed by atoms with E-state index >= 15 is 0 Å². The highest BCUT2D eigenvalue weighted by Crippen LogP contribution is 2.11. The van der Waals surface area contributed by atoms with Crippen LogP contribution in [-0.4, -0.2) is 52.3 Å². The van der Waals surface area contributed by atoms with Crippen LogP contribution in [0.15, 0.2) is 5.16 Å². The summed E-state index contributed by atoms with van der Waals surface area (Å²) in [4.78, 5) is 2.26. The van der Waals surface area contributed by atoms with E-state index < -0.39 is 0 Å². The third-order valence-corrected chi connectivity index (χ3v) is 3.03. The van der Waals surface area contributed by atoms with Crippen molar-refractivity contribution in [2.24, 2.45) is 0 Å². The highest BCUT2D eigenvalue weighted by atomic mass is 32.2. The number of nitrogens with two attached hydrogens (primary N) is 1. The first-order chi connectivity index (χ1) is 7.31. The third-order valence-electron chi connectivity index (χ3n) is 2.39. The summed E-state index contributed by atoms with van der Waals surface area (Å²) in [6.45, 7) is 4.18. The van der Waals surface area contributed by atoms with Crippen molar-refractivity contribution in [3.63, 3.8) is 0 Å². The lowest BCUT2D eigenvalue weighted by atomic mass is 10.4. The third kappa shape index (κ3) is 2.42. The average Bonchev–Trinajstić information content (AvgIpc) is 2.62. The van der Waals surface area contributed by atoms with Crippen LogP contribution in [0.2, 0.25) is 0 Å². The predicted octanol–water partition coefficient (Wildman–Crippen LogP) is -0.454. The van der Waals surface area contributed by atoms with Gasteiger partial charge >= 0.3 is 0 Å². The molecular formula is C8H15N5OS. The molecule has 2 rings (SSSR count). The summed E-state index contributed by atoms with van der Waals surface area (Å²) in [5.41, 5.74) is 0. The molecule has 0 spiro atoms. The average molecular weight is 229 g/mol. The zero-order chi connectivity index (χ0) is 10.7. The van der Waals surface area contributed by atoms with Crippen molar-refractivity contribution in [1.82, 2.24) is 19.8 Å². The van der Waals surface area contributed by atoms with Gasteiger partial charge in [-0.2, -0.15) is 0 Å². The van der Waals surface area contributed by atoms with E-state index in [2.05, 4.69) is 15.1 Å². The van der Waals surface area contributed by atoms with E-state index in [1.807, 2.05) is 6.26 Å². The molecule has 0 radical (unpaired) electrons. The largest absolute Gasteiger partial charge is 0.379 e. The van der Waals surface area contributed by atoms with E-state index in [-0.39, 0.29) is 0 Å². The van der Waals surface area contributed by atoms with Crippen molar-refractivity contribution >= 4 is 11.8 Å². The molecule has 0 saturated carbocycles.